The summed E-state index contributed by atoms with van der Waals surface area (Å²) < 4.78 is 0. The molecule has 0 aliphatic rings. The molecule has 2 aromatic rings. The zero-order valence-electron chi connectivity index (χ0n) is 16.1. The smallest absolute Gasteiger partial charge is 0.191 e. The summed E-state index contributed by atoms with van der Waals surface area (Å²) in [6, 6.07) is 10.1. The Bertz CT molecular complexity index is 650. The van der Waals surface area contributed by atoms with Gasteiger partial charge in [0, 0.05) is 50.7 Å². The van der Waals surface area contributed by atoms with Crippen molar-refractivity contribution in [2.75, 3.05) is 31.1 Å². The number of rotatable bonds is 9. The van der Waals surface area contributed by atoms with E-state index in [-0.39, 0.29) is 0 Å². The van der Waals surface area contributed by atoms with Crippen molar-refractivity contribution in [1.29, 1.82) is 0 Å². The molecular weight excluding hydrogens is 324 g/mol. The summed E-state index contributed by atoms with van der Waals surface area (Å²) in [6.45, 7) is 10.5. The van der Waals surface area contributed by atoms with Crippen LogP contribution in [0.1, 0.15) is 32.0 Å². The minimum absolute atomic E-state index is 0.602. The van der Waals surface area contributed by atoms with Crippen LogP contribution < -0.4 is 15.5 Å². The Hall–Kier alpha value is -2.63. The van der Waals surface area contributed by atoms with Crippen molar-refractivity contribution < 1.29 is 0 Å². The second-order valence-corrected chi connectivity index (χ2v) is 5.89. The van der Waals surface area contributed by atoms with Crippen molar-refractivity contribution in [2.45, 2.75) is 33.7 Å². The number of hydrogen-bond donors (Lipinski definition) is 2. The Morgan fingerprint density at radius 1 is 1.04 bits per heavy atom. The van der Waals surface area contributed by atoms with E-state index in [1.165, 1.54) is 0 Å². The fourth-order valence-corrected chi connectivity index (χ4v) is 2.61. The maximum absolute atomic E-state index is 4.65. The monoisotopic (exact) mass is 354 g/mol. The summed E-state index contributed by atoms with van der Waals surface area (Å²) in [4.78, 5) is 15.8. The number of aromatic nitrogens is 2. The van der Waals surface area contributed by atoms with Crippen molar-refractivity contribution in [3.63, 3.8) is 0 Å². The highest BCUT2D eigenvalue weighted by atomic mass is 15.2. The van der Waals surface area contributed by atoms with Crippen LogP contribution in [0.25, 0.3) is 0 Å². The first-order valence-electron chi connectivity index (χ1n) is 9.38. The van der Waals surface area contributed by atoms with E-state index in [4.69, 9.17) is 0 Å². The quantitative estimate of drug-likeness (QED) is 0.535. The number of aliphatic imine (C=N–C) groups is 1. The normalized spacial score (nSPS) is 11.3. The molecule has 0 saturated carbocycles. The Kier molecular flexibility index (Phi) is 8.39. The van der Waals surface area contributed by atoms with Gasteiger partial charge in [-0.1, -0.05) is 12.1 Å². The van der Waals surface area contributed by atoms with Gasteiger partial charge in [0.25, 0.3) is 0 Å². The summed E-state index contributed by atoms with van der Waals surface area (Å²) in [7, 11) is 0. The van der Waals surface area contributed by atoms with Gasteiger partial charge in [0.15, 0.2) is 5.96 Å². The van der Waals surface area contributed by atoms with Crippen LogP contribution in [0.15, 0.2) is 47.7 Å². The van der Waals surface area contributed by atoms with Gasteiger partial charge >= 0.3 is 0 Å². The van der Waals surface area contributed by atoms with Gasteiger partial charge in [0.1, 0.15) is 5.82 Å². The Labute approximate surface area is 156 Å². The minimum atomic E-state index is 0.602. The number of nitrogens with one attached hydrogen (secondary N) is 2. The van der Waals surface area contributed by atoms with Crippen LogP contribution >= 0.6 is 0 Å². The molecule has 0 aliphatic carbocycles. The van der Waals surface area contributed by atoms with Gasteiger partial charge in [0.05, 0.1) is 6.54 Å². The summed E-state index contributed by atoms with van der Waals surface area (Å²) in [5.41, 5.74) is 2.18. The molecule has 2 heterocycles. The zero-order valence-corrected chi connectivity index (χ0v) is 16.1. The SMILES string of the molecule is CCNC(=NCc1ccc(N(CC)CC)nc1)NCCc1ccccn1. The van der Waals surface area contributed by atoms with E-state index in [0.29, 0.717) is 6.54 Å². The number of nitrogens with zero attached hydrogens (tertiary/aromatic N) is 4. The van der Waals surface area contributed by atoms with E-state index in [1.807, 2.05) is 30.6 Å². The first-order valence-corrected chi connectivity index (χ1v) is 9.38. The van der Waals surface area contributed by atoms with Crippen LogP contribution in [-0.4, -0.2) is 42.1 Å². The lowest BCUT2D eigenvalue weighted by Gasteiger charge is -2.19. The summed E-state index contributed by atoms with van der Waals surface area (Å²) in [5, 5.41) is 6.63. The van der Waals surface area contributed by atoms with Crippen LogP contribution in [0.3, 0.4) is 0 Å². The maximum Gasteiger partial charge on any atom is 0.191 e. The molecule has 0 unspecified atom stereocenters. The van der Waals surface area contributed by atoms with Gasteiger partial charge in [0.2, 0.25) is 0 Å². The molecule has 2 aromatic heterocycles. The molecule has 26 heavy (non-hydrogen) atoms. The van der Waals surface area contributed by atoms with E-state index in [9.17, 15) is 0 Å². The average Bonchev–Trinajstić information content (AvgIpc) is 2.69. The van der Waals surface area contributed by atoms with Crippen LogP contribution in [0.5, 0.6) is 0 Å². The van der Waals surface area contributed by atoms with Gasteiger partial charge in [-0.15, -0.1) is 0 Å². The standard InChI is InChI=1S/C20H30N6/c1-4-21-20(23-14-12-18-9-7-8-13-22-18)25-16-17-10-11-19(24-15-17)26(5-2)6-3/h7-11,13,15H,4-6,12,14,16H2,1-3H3,(H2,21,23,25). The second kappa shape index (κ2) is 11.1. The van der Waals surface area contributed by atoms with Crippen LogP contribution in [0, 0.1) is 0 Å². The minimum Gasteiger partial charge on any atom is -0.357 e. The van der Waals surface area contributed by atoms with Gasteiger partial charge in [-0.25, -0.2) is 9.98 Å². The Morgan fingerprint density at radius 3 is 2.50 bits per heavy atom. The molecule has 0 saturated heterocycles. The van der Waals surface area contributed by atoms with Gasteiger partial charge < -0.3 is 15.5 Å². The number of hydrogen-bond acceptors (Lipinski definition) is 4. The van der Waals surface area contributed by atoms with Crippen molar-refractivity contribution in [1.82, 2.24) is 20.6 Å². The molecule has 0 radical (unpaired) electrons. The molecule has 0 amide bonds. The first kappa shape index (κ1) is 19.7. The van der Waals surface area contributed by atoms with Crippen molar-refractivity contribution in [3.8, 4) is 0 Å². The lowest BCUT2D eigenvalue weighted by molar-refractivity contribution is 0.787. The third-order valence-electron chi connectivity index (χ3n) is 4.06. The van der Waals surface area contributed by atoms with E-state index >= 15 is 0 Å². The van der Waals surface area contributed by atoms with Crippen molar-refractivity contribution in [3.05, 3.63) is 54.0 Å². The molecular formula is C20H30N6. The molecule has 0 aromatic carbocycles. The third-order valence-corrected chi connectivity index (χ3v) is 4.06. The summed E-state index contributed by atoms with van der Waals surface area (Å²) >= 11 is 0. The van der Waals surface area contributed by atoms with E-state index in [0.717, 1.165) is 55.6 Å². The number of anilines is 1. The third kappa shape index (κ3) is 6.35. The highest BCUT2D eigenvalue weighted by molar-refractivity contribution is 5.79. The lowest BCUT2D eigenvalue weighted by Crippen LogP contribution is -2.38. The molecule has 0 spiro atoms. The van der Waals surface area contributed by atoms with E-state index in [2.05, 4.69) is 63.4 Å². The van der Waals surface area contributed by atoms with Gasteiger partial charge in [-0.2, -0.15) is 0 Å². The number of guanidine groups is 1. The summed E-state index contributed by atoms with van der Waals surface area (Å²) in [6.07, 6.45) is 4.60. The van der Waals surface area contributed by atoms with Crippen molar-refractivity contribution >= 4 is 11.8 Å². The molecule has 6 nitrogen and oxygen atoms in total. The topological polar surface area (TPSA) is 65.4 Å². The fraction of sp³-hybridized carbons (Fsp3) is 0.450. The Balaban J connectivity index is 1.89. The Morgan fingerprint density at radius 2 is 1.88 bits per heavy atom. The van der Waals surface area contributed by atoms with Crippen LogP contribution in [0.4, 0.5) is 5.82 Å². The molecule has 0 fully saturated rings. The predicted molar refractivity (Wildman–Crippen MR) is 109 cm³/mol. The van der Waals surface area contributed by atoms with E-state index < -0.39 is 0 Å². The average molecular weight is 355 g/mol. The van der Waals surface area contributed by atoms with Crippen molar-refractivity contribution in [2.24, 2.45) is 4.99 Å². The molecule has 0 aliphatic heterocycles. The highest BCUT2D eigenvalue weighted by Crippen LogP contribution is 2.11. The molecule has 140 valence electrons. The second-order valence-electron chi connectivity index (χ2n) is 5.89. The molecule has 0 bridgehead atoms. The fourth-order valence-electron chi connectivity index (χ4n) is 2.61. The lowest BCUT2D eigenvalue weighted by atomic mass is 10.2. The van der Waals surface area contributed by atoms with Crippen LogP contribution in [-0.2, 0) is 13.0 Å². The largest absolute Gasteiger partial charge is 0.357 e. The van der Waals surface area contributed by atoms with E-state index in [1.54, 1.807) is 0 Å². The van der Waals surface area contributed by atoms with Gasteiger partial charge in [-0.3, -0.25) is 4.98 Å². The molecule has 2 N–H and O–H groups in total. The number of pyridine rings is 2. The zero-order chi connectivity index (χ0) is 18.6. The first-order chi connectivity index (χ1) is 12.8. The van der Waals surface area contributed by atoms with Gasteiger partial charge in [-0.05, 0) is 44.5 Å². The van der Waals surface area contributed by atoms with Crippen LogP contribution in [0.2, 0.25) is 0 Å². The molecule has 6 heteroatoms. The highest BCUT2D eigenvalue weighted by Gasteiger charge is 2.03. The maximum atomic E-state index is 4.65. The predicted octanol–water partition coefficient (Wildman–Crippen LogP) is 2.62. The molecule has 0 atom stereocenters. The summed E-state index contributed by atoms with van der Waals surface area (Å²) in [5.74, 6) is 1.83. The molecule has 2 rings (SSSR count).